The van der Waals surface area contributed by atoms with Gasteiger partial charge in [0.2, 0.25) is 5.91 Å². The Hall–Kier alpha value is -0.980. The third kappa shape index (κ3) is 4.26. The van der Waals surface area contributed by atoms with Gasteiger partial charge in [-0.25, -0.2) is 4.39 Å². The molecule has 1 aromatic rings. The Balaban J connectivity index is 1.90. The third-order valence-corrected chi connectivity index (χ3v) is 3.52. The van der Waals surface area contributed by atoms with Crippen molar-refractivity contribution >= 4 is 27.5 Å². The summed E-state index contributed by atoms with van der Waals surface area (Å²) < 4.78 is 14.2. The first kappa shape index (κ1) is 14.4. The molecule has 0 radical (unpaired) electrons. The highest BCUT2D eigenvalue weighted by Crippen LogP contribution is 2.19. The lowest BCUT2D eigenvalue weighted by Crippen LogP contribution is -2.51. The molecule has 2 rings (SSSR count). The summed E-state index contributed by atoms with van der Waals surface area (Å²) in [5.41, 5.74) is 0.219. The molecular weight excluding hydrogens is 313 g/mol. The van der Waals surface area contributed by atoms with Gasteiger partial charge in [0.15, 0.2) is 0 Å². The van der Waals surface area contributed by atoms with E-state index in [0.717, 1.165) is 19.6 Å². The van der Waals surface area contributed by atoms with Gasteiger partial charge < -0.3 is 10.6 Å². The van der Waals surface area contributed by atoms with Gasteiger partial charge in [-0.15, -0.1) is 0 Å². The van der Waals surface area contributed by atoms with Crippen molar-refractivity contribution in [3.05, 3.63) is 28.5 Å². The number of nitrogens with one attached hydrogen (secondary N) is 2. The largest absolute Gasteiger partial charge is 0.322 e. The van der Waals surface area contributed by atoms with Gasteiger partial charge in [0.05, 0.1) is 12.2 Å². The number of carbonyl (C=O) groups excluding carboxylic acids is 1. The van der Waals surface area contributed by atoms with Crippen LogP contribution in [0.15, 0.2) is 22.7 Å². The van der Waals surface area contributed by atoms with Gasteiger partial charge in [0.1, 0.15) is 5.82 Å². The van der Waals surface area contributed by atoms with Gasteiger partial charge in [0, 0.05) is 30.1 Å². The van der Waals surface area contributed by atoms with Crippen molar-refractivity contribution in [3.8, 4) is 0 Å². The Morgan fingerprint density at radius 3 is 3.11 bits per heavy atom. The summed E-state index contributed by atoms with van der Waals surface area (Å²) in [7, 11) is 0. The average molecular weight is 330 g/mol. The lowest BCUT2D eigenvalue weighted by molar-refractivity contribution is -0.117. The first-order valence-corrected chi connectivity index (χ1v) is 7.04. The third-order valence-electron chi connectivity index (χ3n) is 3.03. The number of carbonyl (C=O) groups is 1. The molecule has 1 aliphatic heterocycles. The van der Waals surface area contributed by atoms with E-state index >= 15 is 0 Å². The number of amides is 1. The van der Waals surface area contributed by atoms with Crippen molar-refractivity contribution in [3.63, 3.8) is 0 Å². The molecule has 0 spiro atoms. The molecule has 0 aromatic heterocycles. The fourth-order valence-corrected chi connectivity index (χ4v) is 2.47. The van der Waals surface area contributed by atoms with Crippen LogP contribution in [-0.4, -0.2) is 43.0 Å². The molecule has 6 heteroatoms. The molecule has 1 aromatic carbocycles. The predicted octanol–water partition coefficient (Wildman–Crippen LogP) is 1.82. The fraction of sp³-hybridized carbons (Fsp3) is 0.462. The molecule has 1 saturated heterocycles. The van der Waals surface area contributed by atoms with Crippen LogP contribution in [0.5, 0.6) is 0 Å². The Morgan fingerprint density at radius 2 is 2.42 bits per heavy atom. The van der Waals surface area contributed by atoms with Crippen molar-refractivity contribution in [2.45, 2.75) is 13.0 Å². The Morgan fingerprint density at radius 1 is 1.63 bits per heavy atom. The van der Waals surface area contributed by atoms with Crippen LogP contribution >= 0.6 is 15.9 Å². The number of benzene rings is 1. The van der Waals surface area contributed by atoms with E-state index in [1.165, 1.54) is 6.07 Å². The quantitative estimate of drug-likeness (QED) is 0.889. The second-order valence-corrected chi connectivity index (χ2v) is 5.68. The first-order valence-electron chi connectivity index (χ1n) is 6.25. The zero-order chi connectivity index (χ0) is 13.8. The molecule has 4 nitrogen and oxygen atoms in total. The molecular formula is C13H17BrFN3O. The highest BCUT2D eigenvalue weighted by Gasteiger charge is 2.18. The van der Waals surface area contributed by atoms with E-state index in [-0.39, 0.29) is 11.6 Å². The van der Waals surface area contributed by atoms with Crippen LogP contribution in [0, 0.1) is 5.82 Å². The van der Waals surface area contributed by atoms with Gasteiger partial charge in [-0.1, -0.05) is 15.9 Å². The van der Waals surface area contributed by atoms with Crippen LogP contribution in [0.4, 0.5) is 10.1 Å². The van der Waals surface area contributed by atoms with Crippen LogP contribution in [0.2, 0.25) is 0 Å². The summed E-state index contributed by atoms with van der Waals surface area (Å²) in [6, 6.07) is 4.97. The van der Waals surface area contributed by atoms with Crippen LogP contribution < -0.4 is 10.6 Å². The van der Waals surface area contributed by atoms with Crippen molar-refractivity contribution < 1.29 is 9.18 Å². The number of hydrogen-bond donors (Lipinski definition) is 2. The molecule has 1 atom stereocenters. The Labute approximate surface area is 120 Å². The zero-order valence-electron chi connectivity index (χ0n) is 10.7. The molecule has 19 heavy (non-hydrogen) atoms. The molecule has 1 fully saturated rings. The molecule has 1 amide bonds. The van der Waals surface area contributed by atoms with E-state index in [1.54, 1.807) is 12.1 Å². The number of piperazine rings is 1. The molecule has 2 N–H and O–H groups in total. The average Bonchev–Trinajstić information content (AvgIpc) is 2.33. The number of hydrogen-bond acceptors (Lipinski definition) is 3. The first-order chi connectivity index (χ1) is 9.04. The standard InChI is InChI=1S/C13H17BrFN3O/c1-9-7-18(5-4-16-9)8-13(19)17-12-3-2-10(14)6-11(12)15/h2-3,6,9,16H,4-5,7-8H2,1H3,(H,17,19)/t9-/m1/s1. The maximum atomic E-state index is 13.6. The van der Waals surface area contributed by atoms with E-state index in [4.69, 9.17) is 0 Å². The molecule has 0 aliphatic carbocycles. The van der Waals surface area contributed by atoms with Crippen molar-refractivity contribution in [1.82, 2.24) is 10.2 Å². The van der Waals surface area contributed by atoms with E-state index in [0.29, 0.717) is 17.1 Å². The van der Waals surface area contributed by atoms with Crippen LogP contribution in [0.1, 0.15) is 6.92 Å². The highest BCUT2D eigenvalue weighted by molar-refractivity contribution is 9.10. The van der Waals surface area contributed by atoms with Crippen molar-refractivity contribution in [1.29, 1.82) is 0 Å². The fourth-order valence-electron chi connectivity index (χ4n) is 2.14. The highest BCUT2D eigenvalue weighted by atomic mass is 79.9. The molecule has 1 heterocycles. The van der Waals surface area contributed by atoms with E-state index < -0.39 is 5.82 Å². The van der Waals surface area contributed by atoms with Crippen molar-refractivity contribution in [2.75, 3.05) is 31.5 Å². The summed E-state index contributed by atoms with van der Waals surface area (Å²) in [6.07, 6.45) is 0. The van der Waals surface area contributed by atoms with E-state index in [9.17, 15) is 9.18 Å². The molecule has 0 saturated carbocycles. The Bertz CT molecular complexity index is 469. The molecule has 1 aliphatic rings. The molecule has 0 bridgehead atoms. The number of nitrogens with zero attached hydrogens (tertiary/aromatic N) is 1. The van der Waals surface area contributed by atoms with Crippen LogP contribution in [-0.2, 0) is 4.79 Å². The topological polar surface area (TPSA) is 44.4 Å². The summed E-state index contributed by atoms with van der Waals surface area (Å²) in [6.45, 7) is 4.91. The lowest BCUT2D eigenvalue weighted by Gasteiger charge is -2.31. The minimum absolute atomic E-state index is 0.185. The van der Waals surface area contributed by atoms with Crippen molar-refractivity contribution in [2.24, 2.45) is 0 Å². The smallest absolute Gasteiger partial charge is 0.238 e. The second-order valence-electron chi connectivity index (χ2n) is 4.76. The Kier molecular flexibility index (Phi) is 4.90. The predicted molar refractivity (Wildman–Crippen MR) is 76.6 cm³/mol. The van der Waals surface area contributed by atoms with Gasteiger partial charge in [-0.2, -0.15) is 0 Å². The van der Waals surface area contributed by atoms with E-state index in [2.05, 4.69) is 38.4 Å². The minimum Gasteiger partial charge on any atom is -0.322 e. The summed E-state index contributed by atoms with van der Waals surface area (Å²) >= 11 is 3.18. The van der Waals surface area contributed by atoms with Crippen LogP contribution in [0.25, 0.3) is 0 Å². The number of halogens is 2. The van der Waals surface area contributed by atoms with Gasteiger partial charge in [-0.05, 0) is 25.1 Å². The van der Waals surface area contributed by atoms with Gasteiger partial charge in [-0.3, -0.25) is 9.69 Å². The maximum absolute atomic E-state index is 13.6. The van der Waals surface area contributed by atoms with Gasteiger partial charge in [0.25, 0.3) is 0 Å². The monoisotopic (exact) mass is 329 g/mol. The van der Waals surface area contributed by atoms with Gasteiger partial charge >= 0.3 is 0 Å². The SMILES string of the molecule is C[C@@H]1CN(CC(=O)Nc2ccc(Br)cc2F)CCN1. The molecule has 104 valence electrons. The summed E-state index contributed by atoms with van der Waals surface area (Å²) in [4.78, 5) is 13.9. The summed E-state index contributed by atoms with van der Waals surface area (Å²) in [5, 5.41) is 5.91. The lowest BCUT2D eigenvalue weighted by atomic mass is 10.2. The maximum Gasteiger partial charge on any atom is 0.238 e. The number of rotatable bonds is 3. The minimum atomic E-state index is -0.434. The van der Waals surface area contributed by atoms with Crippen LogP contribution in [0.3, 0.4) is 0 Å². The van der Waals surface area contributed by atoms with E-state index in [1.807, 2.05) is 0 Å². The number of anilines is 1. The zero-order valence-corrected chi connectivity index (χ0v) is 12.3. The second kappa shape index (κ2) is 6.45. The summed E-state index contributed by atoms with van der Waals surface area (Å²) in [5.74, 6) is -0.619. The normalized spacial score (nSPS) is 20.3. The molecule has 0 unspecified atom stereocenters.